The largest absolute Gasteiger partial charge is 0.493 e. The van der Waals surface area contributed by atoms with Gasteiger partial charge in [-0.25, -0.2) is 5.43 Å². The van der Waals surface area contributed by atoms with Crippen LogP contribution >= 0.6 is 22.6 Å². The molecule has 8 nitrogen and oxygen atoms in total. The summed E-state index contributed by atoms with van der Waals surface area (Å²) in [6, 6.07) is 19.0. The zero-order valence-corrected chi connectivity index (χ0v) is 23.2. The van der Waals surface area contributed by atoms with Gasteiger partial charge in [0.1, 0.15) is 18.1 Å². The number of hydrogen-bond donors (Lipinski definition) is 1. The highest BCUT2D eigenvalue weighted by Crippen LogP contribution is 2.33. The number of aryl methyl sites for hydroxylation is 2. The Morgan fingerprint density at radius 3 is 2.46 bits per heavy atom. The van der Waals surface area contributed by atoms with Gasteiger partial charge in [0.25, 0.3) is 0 Å². The van der Waals surface area contributed by atoms with Crippen LogP contribution in [-0.4, -0.2) is 30.4 Å². The lowest BCUT2D eigenvalue weighted by atomic mass is 10.2. The van der Waals surface area contributed by atoms with E-state index in [0.29, 0.717) is 29.6 Å². The molecule has 0 radical (unpaired) electrons. The fourth-order valence-electron chi connectivity index (χ4n) is 3.82. The zero-order valence-electron chi connectivity index (χ0n) is 21.1. The second-order valence-electron chi connectivity index (χ2n) is 8.17. The number of furan rings is 1. The van der Waals surface area contributed by atoms with Crippen molar-refractivity contribution in [1.29, 1.82) is 0 Å². The predicted octanol–water partition coefficient (Wildman–Crippen LogP) is 6.04. The van der Waals surface area contributed by atoms with E-state index in [1.165, 1.54) is 17.6 Å². The highest BCUT2D eigenvalue weighted by molar-refractivity contribution is 14.1. The number of rotatable bonds is 10. The lowest BCUT2D eigenvalue weighted by Gasteiger charge is -2.11. The van der Waals surface area contributed by atoms with Gasteiger partial charge in [0.2, 0.25) is 0 Å². The molecule has 9 heteroatoms. The molecule has 0 saturated heterocycles. The van der Waals surface area contributed by atoms with Crippen molar-refractivity contribution in [2.75, 3.05) is 13.7 Å². The maximum Gasteiger partial charge on any atom is 0.307 e. The van der Waals surface area contributed by atoms with E-state index >= 15 is 0 Å². The molecule has 1 amide bonds. The van der Waals surface area contributed by atoms with Gasteiger partial charge in [0.05, 0.1) is 23.5 Å². The first-order chi connectivity index (χ1) is 17.9. The first kappa shape index (κ1) is 26.3. The fraction of sp³-hybridized carbons (Fsp3) is 0.214. The Kier molecular flexibility index (Phi) is 8.54. The van der Waals surface area contributed by atoms with E-state index in [0.717, 1.165) is 14.8 Å². The standard InChI is InChI=1S/C28H28IN3O5/c1-5-35-27-24(29)14-20(15-26(27)34-4)16-30-31-28(33)25-13-12-23(37-25)17-36-22-10-8-21(9-11-22)32-18(2)6-7-19(32)3/h6-16H,5,17H2,1-4H3,(H,31,33)/b30-16+. The van der Waals surface area contributed by atoms with Gasteiger partial charge in [-0.15, -0.1) is 0 Å². The van der Waals surface area contributed by atoms with Crippen LogP contribution in [0.1, 0.15) is 40.2 Å². The van der Waals surface area contributed by atoms with Gasteiger partial charge in [0, 0.05) is 17.1 Å². The Morgan fingerprint density at radius 1 is 1.05 bits per heavy atom. The Bertz CT molecular complexity index is 1390. The van der Waals surface area contributed by atoms with Crippen molar-refractivity contribution in [2.45, 2.75) is 27.4 Å². The van der Waals surface area contributed by atoms with Crippen molar-refractivity contribution in [3.05, 3.63) is 92.7 Å². The van der Waals surface area contributed by atoms with Gasteiger partial charge in [0.15, 0.2) is 17.3 Å². The van der Waals surface area contributed by atoms with Crippen LogP contribution in [0.2, 0.25) is 0 Å². The van der Waals surface area contributed by atoms with Crippen LogP contribution in [0.5, 0.6) is 17.2 Å². The van der Waals surface area contributed by atoms with Crippen molar-refractivity contribution < 1.29 is 23.4 Å². The fourth-order valence-corrected chi connectivity index (χ4v) is 4.60. The minimum Gasteiger partial charge on any atom is -0.493 e. The molecule has 37 heavy (non-hydrogen) atoms. The van der Waals surface area contributed by atoms with E-state index in [1.54, 1.807) is 25.3 Å². The lowest BCUT2D eigenvalue weighted by Crippen LogP contribution is -2.16. The molecule has 0 spiro atoms. The molecule has 1 N–H and O–H groups in total. The number of hydrogen-bond acceptors (Lipinski definition) is 6. The molecule has 0 bridgehead atoms. The summed E-state index contributed by atoms with van der Waals surface area (Å²) in [7, 11) is 1.58. The van der Waals surface area contributed by atoms with Gasteiger partial charge in [-0.2, -0.15) is 5.10 Å². The van der Waals surface area contributed by atoms with E-state index in [1.807, 2.05) is 37.3 Å². The molecule has 0 aliphatic carbocycles. The summed E-state index contributed by atoms with van der Waals surface area (Å²) in [5, 5.41) is 4.04. The van der Waals surface area contributed by atoms with E-state index in [2.05, 4.69) is 63.7 Å². The highest BCUT2D eigenvalue weighted by Gasteiger charge is 2.13. The van der Waals surface area contributed by atoms with Crippen LogP contribution in [-0.2, 0) is 6.61 Å². The smallest absolute Gasteiger partial charge is 0.307 e. The molecule has 192 valence electrons. The van der Waals surface area contributed by atoms with Gasteiger partial charge >= 0.3 is 5.91 Å². The molecule has 0 aliphatic rings. The Hall–Kier alpha value is -3.73. The quantitative estimate of drug-likeness (QED) is 0.134. The molecule has 0 unspecified atom stereocenters. The minimum atomic E-state index is -0.461. The summed E-state index contributed by atoms with van der Waals surface area (Å²) in [5.41, 5.74) is 6.65. The van der Waals surface area contributed by atoms with Crippen molar-refractivity contribution in [1.82, 2.24) is 9.99 Å². The van der Waals surface area contributed by atoms with Crippen molar-refractivity contribution >= 4 is 34.7 Å². The average molecular weight is 613 g/mol. The zero-order chi connectivity index (χ0) is 26.4. The van der Waals surface area contributed by atoms with E-state index < -0.39 is 5.91 Å². The predicted molar refractivity (Wildman–Crippen MR) is 150 cm³/mol. The lowest BCUT2D eigenvalue weighted by molar-refractivity contribution is 0.0923. The number of aromatic nitrogens is 1. The monoisotopic (exact) mass is 613 g/mol. The first-order valence-corrected chi connectivity index (χ1v) is 12.8. The van der Waals surface area contributed by atoms with Crippen LogP contribution < -0.4 is 19.6 Å². The molecular formula is C28H28IN3O5. The summed E-state index contributed by atoms with van der Waals surface area (Å²) in [6.07, 6.45) is 1.53. The number of nitrogens with zero attached hydrogens (tertiary/aromatic N) is 2. The molecule has 2 heterocycles. The van der Waals surface area contributed by atoms with Gasteiger partial charge < -0.3 is 23.2 Å². The SMILES string of the molecule is CCOc1c(I)cc(/C=N/NC(=O)c2ccc(COc3ccc(-n4c(C)ccc4C)cc3)o2)cc1OC. The maximum atomic E-state index is 12.4. The second kappa shape index (κ2) is 12.0. The molecule has 0 aliphatic heterocycles. The van der Waals surface area contributed by atoms with Crippen LogP contribution in [0, 0.1) is 17.4 Å². The summed E-state index contributed by atoms with van der Waals surface area (Å²) in [5.74, 6) is 2.20. The van der Waals surface area contributed by atoms with Crippen LogP contribution in [0.25, 0.3) is 5.69 Å². The number of benzene rings is 2. The number of nitrogens with one attached hydrogen (secondary N) is 1. The third-order valence-electron chi connectivity index (χ3n) is 5.55. The number of amides is 1. The van der Waals surface area contributed by atoms with Crippen LogP contribution in [0.4, 0.5) is 0 Å². The molecule has 0 saturated carbocycles. The van der Waals surface area contributed by atoms with Crippen LogP contribution in [0.15, 0.2) is 70.2 Å². The minimum absolute atomic E-state index is 0.142. The topological polar surface area (TPSA) is 87.2 Å². The van der Waals surface area contributed by atoms with Gasteiger partial charge in [-0.1, -0.05) is 0 Å². The van der Waals surface area contributed by atoms with Crippen molar-refractivity contribution in [3.8, 4) is 22.9 Å². The molecule has 4 rings (SSSR count). The molecule has 2 aromatic heterocycles. The summed E-state index contributed by atoms with van der Waals surface area (Å²) in [4.78, 5) is 12.4. The number of halogens is 1. The molecule has 0 fully saturated rings. The van der Waals surface area contributed by atoms with E-state index in [-0.39, 0.29) is 12.4 Å². The molecule has 4 aromatic rings. The second-order valence-corrected chi connectivity index (χ2v) is 9.33. The van der Waals surface area contributed by atoms with E-state index in [9.17, 15) is 4.79 Å². The third-order valence-corrected chi connectivity index (χ3v) is 6.35. The summed E-state index contributed by atoms with van der Waals surface area (Å²) < 4.78 is 25.5. The highest BCUT2D eigenvalue weighted by atomic mass is 127. The molecule has 0 atom stereocenters. The molecular weight excluding hydrogens is 585 g/mol. The number of ether oxygens (including phenoxy) is 3. The third kappa shape index (κ3) is 6.34. The van der Waals surface area contributed by atoms with E-state index in [4.69, 9.17) is 18.6 Å². The number of carbonyl (C=O) groups excluding carboxylic acids is 1. The summed E-state index contributed by atoms with van der Waals surface area (Å²) >= 11 is 2.17. The number of carbonyl (C=O) groups is 1. The Morgan fingerprint density at radius 2 is 1.78 bits per heavy atom. The van der Waals surface area contributed by atoms with Crippen LogP contribution in [0.3, 0.4) is 0 Å². The van der Waals surface area contributed by atoms with Gasteiger partial charge in [-0.05, 0) is 110 Å². The van der Waals surface area contributed by atoms with Crippen molar-refractivity contribution in [3.63, 3.8) is 0 Å². The number of methoxy groups -OCH3 is 1. The van der Waals surface area contributed by atoms with Gasteiger partial charge in [-0.3, -0.25) is 4.79 Å². The molecule has 2 aromatic carbocycles. The van der Waals surface area contributed by atoms with Crippen molar-refractivity contribution in [2.24, 2.45) is 5.10 Å². The number of hydrazone groups is 1. The first-order valence-electron chi connectivity index (χ1n) is 11.7. The summed E-state index contributed by atoms with van der Waals surface area (Å²) in [6.45, 7) is 6.79. The Labute approximate surface area is 229 Å². The Balaban J connectivity index is 1.32. The average Bonchev–Trinajstić information content (AvgIpc) is 3.50. The normalized spacial score (nSPS) is 11.1. The maximum absolute atomic E-state index is 12.4.